The van der Waals surface area contributed by atoms with E-state index in [-0.39, 0.29) is 30.5 Å². The quantitative estimate of drug-likeness (QED) is 0.814. The SMILES string of the molecule is N#Cc1ccc(N2CC3CC3CC2C(O)C(F)(F)F)cc1C(F)(F)F. The van der Waals surface area contributed by atoms with Crippen molar-refractivity contribution in [2.75, 3.05) is 11.4 Å². The molecule has 1 saturated carbocycles. The number of benzene rings is 1. The lowest BCUT2D eigenvalue weighted by Gasteiger charge is -2.40. The summed E-state index contributed by atoms with van der Waals surface area (Å²) in [5.74, 6) is 0.195. The normalized spacial score (nSPS) is 27.4. The molecule has 0 bridgehead atoms. The Kier molecular flexibility index (Phi) is 4.14. The highest BCUT2D eigenvalue weighted by Crippen LogP contribution is 2.50. The third kappa shape index (κ3) is 3.40. The number of alkyl halides is 6. The minimum atomic E-state index is -4.86. The maximum Gasteiger partial charge on any atom is 0.417 e. The van der Waals surface area contributed by atoms with Gasteiger partial charge in [0.2, 0.25) is 0 Å². The zero-order valence-corrected chi connectivity index (χ0v) is 12.8. The molecule has 3 nitrogen and oxygen atoms in total. The van der Waals surface area contributed by atoms with Crippen LogP contribution in [0, 0.1) is 23.2 Å². The van der Waals surface area contributed by atoms with E-state index in [1.807, 2.05) is 0 Å². The first-order valence-corrected chi connectivity index (χ1v) is 7.65. The Hall–Kier alpha value is -1.95. The largest absolute Gasteiger partial charge is 0.417 e. The summed E-state index contributed by atoms with van der Waals surface area (Å²) in [6.45, 7) is 0.158. The summed E-state index contributed by atoms with van der Waals surface area (Å²) in [5, 5.41) is 18.5. The van der Waals surface area contributed by atoms with Crippen molar-refractivity contribution < 1.29 is 31.4 Å². The van der Waals surface area contributed by atoms with Crippen molar-refractivity contribution in [1.82, 2.24) is 0 Å². The first-order valence-electron chi connectivity index (χ1n) is 7.65. The molecule has 136 valence electrons. The van der Waals surface area contributed by atoms with E-state index in [2.05, 4.69) is 0 Å². The number of aliphatic hydroxyl groups excluding tert-OH is 1. The summed E-state index contributed by atoms with van der Waals surface area (Å²) in [4.78, 5) is 1.20. The zero-order chi connectivity index (χ0) is 18.6. The van der Waals surface area contributed by atoms with Gasteiger partial charge < -0.3 is 10.0 Å². The number of hydrogen-bond acceptors (Lipinski definition) is 3. The fourth-order valence-corrected chi connectivity index (χ4v) is 3.51. The van der Waals surface area contributed by atoms with Crippen LogP contribution in [0.3, 0.4) is 0 Å². The first kappa shape index (κ1) is 17.9. The number of nitriles is 1. The molecule has 9 heteroatoms. The van der Waals surface area contributed by atoms with Crippen molar-refractivity contribution in [1.29, 1.82) is 5.26 Å². The predicted octanol–water partition coefficient (Wildman–Crippen LogP) is 3.72. The topological polar surface area (TPSA) is 47.3 Å². The Morgan fingerprint density at radius 3 is 2.36 bits per heavy atom. The number of rotatable bonds is 2. The Morgan fingerprint density at radius 1 is 1.12 bits per heavy atom. The molecular weight excluding hydrogens is 350 g/mol. The van der Waals surface area contributed by atoms with Gasteiger partial charge in [0.25, 0.3) is 0 Å². The lowest BCUT2D eigenvalue weighted by Crippen LogP contribution is -2.53. The van der Waals surface area contributed by atoms with Crippen LogP contribution < -0.4 is 4.90 Å². The summed E-state index contributed by atoms with van der Waals surface area (Å²) < 4.78 is 78.2. The van der Waals surface area contributed by atoms with Crippen molar-refractivity contribution in [3.05, 3.63) is 29.3 Å². The Bertz CT molecular complexity index is 708. The molecule has 1 aromatic carbocycles. The van der Waals surface area contributed by atoms with Gasteiger partial charge in [-0.15, -0.1) is 0 Å². The van der Waals surface area contributed by atoms with E-state index in [0.29, 0.717) is 12.5 Å². The third-order valence-electron chi connectivity index (χ3n) is 4.91. The Balaban J connectivity index is 1.99. The van der Waals surface area contributed by atoms with Crippen LogP contribution in [0.5, 0.6) is 0 Å². The van der Waals surface area contributed by atoms with Crippen LogP contribution in [-0.2, 0) is 6.18 Å². The first-order chi connectivity index (χ1) is 11.5. The molecule has 3 rings (SSSR count). The number of fused-ring (bicyclic) bond motifs is 1. The van der Waals surface area contributed by atoms with Crippen molar-refractivity contribution in [2.24, 2.45) is 11.8 Å². The minimum absolute atomic E-state index is 0.0648. The molecule has 0 spiro atoms. The van der Waals surface area contributed by atoms with Gasteiger partial charge in [-0.1, -0.05) is 0 Å². The van der Waals surface area contributed by atoms with Gasteiger partial charge in [0.15, 0.2) is 6.10 Å². The van der Waals surface area contributed by atoms with Gasteiger partial charge in [0, 0.05) is 12.2 Å². The summed E-state index contributed by atoms with van der Waals surface area (Å²) >= 11 is 0. The third-order valence-corrected chi connectivity index (χ3v) is 4.91. The summed E-state index contributed by atoms with van der Waals surface area (Å²) in [6.07, 6.45) is -11.5. The van der Waals surface area contributed by atoms with Gasteiger partial charge in [-0.3, -0.25) is 0 Å². The van der Waals surface area contributed by atoms with E-state index in [1.54, 1.807) is 0 Å². The summed E-state index contributed by atoms with van der Waals surface area (Å²) in [5.41, 5.74) is -1.85. The fraction of sp³-hybridized carbons (Fsp3) is 0.562. The lowest BCUT2D eigenvalue weighted by molar-refractivity contribution is -0.211. The molecule has 2 aliphatic rings. The van der Waals surface area contributed by atoms with E-state index in [4.69, 9.17) is 5.26 Å². The van der Waals surface area contributed by atoms with Crippen LogP contribution in [-0.4, -0.2) is 30.0 Å². The molecule has 1 heterocycles. The molecule has 0 radical (unpaired) electrons. The summed E-state index contributed by atoms with van der Waals surface area (Å²) in [6, 6.07) is 2.95. The van der Waals surface area contributed by atoms with Gasteiger partial charge in [-0.25, -0.2) is 0 Å². The fourth-order valence-electron chi connectivity index (χ4n) is 3.51. The lowest BCUT2D eigenvalue weighted by atomic mass is 9.95. The predicted molar refractivity (Wildman–Crippen MR) is 75.6 cm³/mol. The summed E-state index contributed by atoms with van der Waals surface area (Å²) in [7, 11) is 0. The van der Waals surface area contributed by atoms with Crippen molar-refractivity contribution >= 4 is 5.69 Å². The number of hydrogen-bond donors (Lipinski definition) is 1. The van der Waals surface area contributed by atoms with E-state index in [1.165, 1.54) is 17.0 Å². The highest BCUT2D eigenvalue weighted by atomic mass is 19.4. The van der Waals surface area contributed by atoms with Crippen molar-refractivity contribution in [2.45, 2.75) is 37.3 Å². The van der Waals surface area contributed by atoms with Crippen LogP contribution in [0.4, 0.5) is 32.0 Å². The maximum atomic E-state index is 13.1. The highest BCUT2D eigenvalue weighted by Gasteiger charge is 2.53. The van der Waals surface area contributed by atoms with E-state index < -0.39 is 35.6 Å². The molecule has 4 atom stereocenters. The van der Waals surface area contributed by atoms with Crippen LogP contribution >= 0.6 is 0 Å². The minimum Gasteiger partial charge on any atom is -0.382 e. The second-order valence-electron chi connectivity index (χ2n) is 6.54. The molecule has 1 N–H and O–H groups in total. The molecular formula is C16H14F6N2O. The number of nitrogens with zero attached hydrogens (tertiary/aromatic N) is 2. The standard InChI is InChI=1S/C16H14F6N2O/c17-15(18,19)12-5-11(2-1-8(12)6-23)24-7-10-3-9(10)4-13(24)14(25)16(20,21)22/h1-2,5,9-10,13-14,25H,3-4,7H2. The van der Waals surface area contributed by atoms with E-state index in [9.17, 15) is 31.4 Å². The molecule has 25 heavy (non-hydrogen) atoms. The van der Waals surface area contributed by atoms with Gasteiger partial charge in [0.05, 0.1) is 23.2 Å². The monoisotopic (exact) mass is 364 g/mol. The van der Waals surface area contributed by atoms with E-state index >= 15 is 0 Å². The number of halogens is 6. The van der Waals surface area contributed by atoms with Gasteiger partial charge in [-0.2, -0.15) is 31.6 Å². The molecule has 1 saturated heterocycles. The van der Waals surface area contributed by atoms with Gasteiger partial charge in [0.1, 0.15) is 0 Å². The number of aliphatic hydroxyl groups is 1. The molecule has 1 aromatic rings. The van der Waals surface area contributed by atoms with Gasteiger partial charge >= 0.3 is 12.4 Å². The maximum absolute atomic E-state index is 13.1. The molecule has 0 amide bonds. The average Bonchev–Trinajstić information content (AvgIpc) is 3.29. The van der Waals surface area contributed by atoms with E-state index in [0.717, 1.165) is 6.07 Å². The molecule has 1 aliphatic carbocycles. The molecule has 2 fully saturated rings. The smallest absolute Gasteiger partial charge is 0.382 e. The Morgan fingerprint density at radius 2 is 1.80 bits per heavy atom. The van der Waals surface area contributed by atoms with Crippen LogP contribution in [0.25, 0.3) is 0 Å². The molecule has 4 unspecified atom stereocenters. The second kappa shape index (κ2) is 5.80. The van der Waals surface area contributed by atoms with Crippen LogP contribution in [0.1, 0.15) is 24.0 Å². The van der Waals surface area contributed by atoms with Crippen LogP contribution in [0.2, 0.25) is 0 Å². The van der Waals surface area contributed by atoms with Crippen LogP contribution in [0.15, 0.2) is 18.2 Å². The molecule has 0 aromatic heterocycles. The van der Waals surface area contributed by atoms with Crippen molar-refractivity contribution in [3.8, 4) is 6.07 Å². The second-order valence-corrected chi connectivity index (χ2v) is 6.54. The Labute approximate surface area is 139 Å². The van der Waals surface area contributed by atoms with Gasteiger partial charge in [-0.05, 0) is 42.9 Å². The average molecular weight is 364 g/mol. The van der Waals surface area contributed by atoms with Crippen molar-refractivity contribution in [3.63, 3.8) is 0 Å². The number of anilines is 1. The highest BCUT2D eigenvalue weighted by molar-refractivity contribution is 5.56. The molecule has 1 aliphatic heterocycles. The zero-order valence-electron chi connectivity index (χ0n) is 12.8. The number of piperidine rings is 1.